The monoisotopic (exact) mass is 467 g/mol. The van der Waals surface area contributed by atoms with Crippen molar-refractivity contribution in [1.29, 1.82) is 0 Å². The van der Waals surface area contributed by atoms with Gasteiger partial charge in [-0.25, -0.2) is 13.2 Å². The maximum atomic E-state index is 12.6. The first kappa shape index (κ1) is 26.1. The number of likely N-dealkylation sites (tertiary alicyclic amines) is 1. The topological polar surface area (TPSA) is 105 Å². The Labute approximate surface area is 192 Å². The number of nitrogens with one attached hydrogen (secondary N) is 2. The van der Waals surface area contributed by atoms with Crippen molar-refractivity contribution in [2.45, 2.75) is 64.1 Å². The number of amides is 2. The van der Waals surface area contributed by atoms with Crippen LogP contribution in [0, 0.1) is 0 Å². The van der Waals surface area contributed by atoms with E-state index in [9.17, 15) is 18.0 Å². The zero-order chi connectivity index (χ0) is 23.4. The second-order valence-electron chi connectivity index (χ2n) is 8.56. The Morgan fingerprint density at radius 1 is 1.19 bits per heavy atom. The van der Waals surface area contributed by atoms with Crippen LogP contribution >= 0.6 is 0 Å². The standard InChI is InChI=1S/C23H37N3O5S/c1-19-10-6-8-15-26(19)16-9-7-14-24-22(27)21(13-17-32(2,29)30)25-23(28)31-18-20-11-4-3-5-12-20/h3-5,11-12,19,21H,6-10,13-18H2,1-2H3,(H,24,27)(H,25,28). The Morgan fingerprint density at radius 2 is 1.94 bits per heavy atom. The highest BCUT2D eigenvalue weighted by molar-refractivity contribution is 7.90. The Bertz CT molecular complexity index is 816. The van der Waals surface area contributed by atoms with E-state index in [1.165, 1.54) is 19.3 Å². The van der Waals surface area contributed by atoms with E-state index in [2.05, 4.69) is 22.5 Å². The van der Waals surface area contributed by atoms with E-state index in [-0.39, 0.29) is 18.8 Å². The first-order valence-corrected chi connectivity index (χ1v) is 13.5. The van der Waals surface area contributed by atoms with Crippen molar-refractivity contribution < 1.29 is 22.7 Å². The van der Waals surface area contributed by atoms with Crippen LogP contribution in [0.1, 0.15) is 51.0 Å². The molecule has 0 aromatic heterocycles. The number of nitrogens with zero attached hydrogens (tertiary/aromatic N) is 1. The number of alkyl carbamates (subject to hydrolysis) is 1. The summed E-state index contributed by atoms with van der Waals surface area (Å²) in [6, 6.07) is 8.84. The number of carbonyl (C=O) groups excluding carboxylic acids is 2. The molecule has 2 rings (SSSR count). The molecule has 2 atom stereocenters. The van der Waals surface area contributed by atoms with Crippen LogP contribution in [0.25, 0.3) is 0 Å². The first-order chi connectivity index (χ1) is 15.2. The van der Waals surface area contributed by atoms with Gasteiger partial charge in [-0.15, -0.1) is 0 Å². The molecule has 0 saturated carbocycles. The highest BCUT2D eigenvalue weighted by atomic mass is 32.2. The largest absolute Gasteiger partial charge is 0.445 e. The zero-order valence-corrected chi connectivity index (χ0v) is 20.0. The number of ether oxygens (including phenoxy) is 1. The molecule has 8 nitrogen and oxygen atoms in total. The molecule has 2 unspecified atom stereocenters. The molecule has 0 aliphatic carbocycles. The highest BCUT2D eigenvalue weighted by Gasteiger charge is 2.23. The van der Waals surface area contributed by atoms with E-state index in [0.29, 0.717) is 12.6 Å². The van der Waals surface area contributed by atoms with E-state index in [0.717, 1.165) is 37.8 Å². The van der Waals surface area contributed by atoms with Gasteiger partial charge in [0.15, 0.2) is 0 Å². The molecule has 2 N–H and O–H groups in total. The molecule has 9 heteroatoms. The van der Waals surface area contributed by atoms with Crippen molar-refractivity contribution in [3.05, 3.63) is 35.9 Å². The van der Waals surface area contributed by atoms with Crippen LogP contribution in [0.5, 0.6) is 0 Å². The molecule has 2 amide bonds. The van der Waals surface area contributed by atoms with Gasteiger partial charge in [0.05, 0.1) is 5.75 Å². The predicted octanol–water partition coefficient (Wildman–Crippen LogP) is 2.49. The van der Waals surface area contributed by atoms with E-state index in [4.69, 9.17) is 4.74 Å². The summed E-state index contributed by atoms with van der Waals surface area (Å²) in [5.74, 6) is -0.590. The van der Waals surface area contributed by atoms with Gasteiger partial charge < -0.3 is 20.3 Å². The van der Waals surface area contributed by atoms with Gasteiger partial charge in [-0.1, -0.05) is 36.8 Å². The molecule has 32 heavy (non-hydrogen) atoms. The fourth-order valence-electron chi connectivity index (χ4n) is 3.77. The third-order valence-corrected chi connectivity index (χ3v) is 6.69. The molecule has 0 radical (unpaired) electrons. The molecule has 1 fully saturated rings. The summed E-state index contributed by atoms with van der Waals surface area (Å²) in [4.78, 5) is 27.3. The van der Waals surface area contributed by atoms with Crippen molar-refractivity contribution in [1.82, 2.24) is 15.5 Å². The van der Waals surface area contributed by atoms with E-state index in [1.807, 2.05) is 30.3 Å². The highest BCUT2D eigenvalue weighted by Crippen LogP contribution is 2.16. The van der Waals surface area contributed by atoms with Gasteiger partial charge in [0.2, 0.25) is 5.91 Å². The predicted molar refractivity (Wildman–Crippen MR) is 125 cm³/mol. The first-order valence-electron chi connectivity index (χ1n) is 11.4. The van der Waals surface area contributed by atoms with Crippen LogP contribution in [0.15, 0.2) is 30.3 Å². The van der Waals surface area contributed by atoms with Crippen molar-refractivity contribution >= 4 is 21.8 Å². The fraction of sp³-hybridized carbons (Fsp3) is 0.652. The average molecular weight is 468 g/mol. The van der Waals surface area contributed by atoms with Crippen molar-refractivity contribution in [2.75, 3.05) is 31.6 Å². The number of hydrogen-bond acceptors (Lipinski definition) is 6. The number of unbranched alkanes of at least 4 members (excludes halogenated alkanes) is 1. The van der Waals surface area contributed by atoms with E-state index >= 15 is 0 Å². The number of hydrogen-bond donors (Lipinski definition) is 2. The third kappa shape index (κ3) is 10.5. The minimum atomic E-state index is -3.27. The molecule has 1 aliphatic rings. The van der Waals surface area contributed by atoms with Crippen molar-refractivity contribution in [3.8, 4) is 0 Å². The maximum absolute atomic E-state index is 12.6. The van der Waals surface area contributed by atoms with E-state index < -0.39 is 27.9 Å². The summed E-state index contributed by atoms with van der Waals surface area (Å²) in [6.45, 7) is 4.96. The van der Waals surface area contributed by atoms with Gasteiger partial charge in [-0.3, -0.25) is 4.79 Å². The Balaban J connectivity index is 1.76. The average Bonchev–Trinajstić information content (AvgIpc) is 2.76. The van der Waals surface area contributed by atoms with Gasteiger partial charge in [0, 0.05) is 18.8 Å². The van der Waals surface area contributed by atoms with Gasteiger partial charge >= 0.3 is 6.09 Å². The zero-order valence-electron chi connectivity index (χ0n) is 19.2. The lowest BCUT2D eigenvalue weighted by molar-refractivity contribution is -0.123. The minimum Gasteiger partial charge on any atom is -0.445 e. The van der Waals surface area contributed by atoms with Gasteiger partial charge in [0.25, 0.3) is 0 Å². The van der Waals surface area contributed by atoms with Crippen LogP contribution < -0.4 is 10.6 Å². The molecule has 0 spiro atoms. The van der Waals surface area contributed by atoms with E-state index in [1.54, 1.807) is 0 Å². The quantitative estimate of drug-likeness (QED) is 0.458. The van der Waals surface area contributed by atoms with Crippen molar-refractivity contribution in [3.63, 3.8) is 0 Å². The maximum Gasteiger partial charge on any atom is 0.408 e. The van der Waals surface area contributed by atoms with Crippen LogP contribution in [-0.2, 0) is 26.0 Å². The number of rotatable bonds is 12. The smallest absolute Gasteiger partial charge is 0.408 e. The summed E-state index contributed by atoms with van der Waals surface area (Å²) in [5, 5.41) is 5.34. The summed E-state index contributed by atoms with van der Waals surface area (Å²) in [7, 11) is -3.27. The molecule has 1 heterocycles. The second-order valence-corrected chi connectivity index (χ2v) is 10.8. The minimum absolute atomic E-state index is 0.00358. The molecule has 0 bridgehead atoms. The van der Waals surface area contributed by atoms with Crippen LogP contribution in [0.3, 0.4) is 0 Å². The molecule has 1 saturated heterocycles. The van der Waals surface area contributed by atoms with Gasteiger partial charge in [0.1, 0.15) is 22.5 Å². The van der Waals surface area contributed by atoms with Crippen LogP contribution in [0.4, 0.5) is 4.79 Å². The Kier molecular flexibility index (Phi) is 11.0. The number of sulfone groups is 1. The lowest BCUT2D eigenvalue weighted by atomic mass is 10.0. The third-order valence-electron chi connectivity index (χ3n) is 5.71. The Morgan fingerprint density at radius 3 is 2.62 bits per heavy atom. The normalized spacial score (nSPS) is 18.0. The molecule has 1 aromatic carbocycles. The SMILES string of the molecule is CC1CCCCN1CCCCNC(=O)C(CCS(C)(=O)=O)NC(=O)OCc1ccccc1. The van der Waals surface area contributed by atoms with Gasteiger partial charge in [-0.05, 0) is 57.7 Å². The molecule has 1 aromatic rings. The summed E-state index contributed by atoms with van der Waals surface area (Å²) >= 11 is 0. The lowest BCUT2D eigenvalue weighted by Crippen LogP contribution is -2.48. The van der Waals surface area contributed by atoms with Crippen molar-refractivity contribution in [2.24, 2.45) is 0 Å². The van der Waals surface area contributed by atoms with Gasteiger partial charge in [-0.2, -0.15) is 0 Å². The number of piperidine rings is 1. The molecule has 1 aliphatic heterocycles. The molecular weight excluding hydrogens is 430 g/mol. The number of benzene rings is 1. The summed E-state index contributed by atoms with van der Waals surface area (Å²) in [6.07, 6.45) is 5.94. The van der Waals surface area contributed by atoms with Crippen LogP contribution in [0.2, 0.25) is 0 Å². The fourth-order valence-corrected chi connectivity index (χ4v) is 4.44. The second kappa shape index (κ2) is 13.4. The lowest BCUT2D eigenvalue weighted by Gasteiger charge is -2.33. The molecular formula is C23H37N3O5S. The summed E-state index contributed by atoms with van der Waals surface area (Å²) < 4.78 is 28.3. The van der Waals surface area contributed by atoms with Crippen LogP contribution in [-0.4, -0.2) is 69.0 Å². The summed E-state index contributed by atoms with van der Waals surface area (Å²) in [5.41, 5.74) is 0.822. The molecule has 180 valence electrons. The Hall–Kier alpha value is -2.13. The number of carbonyl (C=O) groups is 2.